The van der Waals surface area contributed by atoms with Crippen LogP contribution in [0.1, 0.15) is 17.4 Å². The van der Waals surface area contributed by atoms with Crippen molar-refractivity contribution in [2.24, 2.45) is 7.05 Å². The predicted molar refractivity (Wildman–Crippen MR) is 87.4 cm³/mol. The van der Waals surface area contributed by atoms with E-state index in [4.69, 9.17) is 16.3 Å². The molecule has 0 aliphatic carbocycles. The molecule has 7 heteroatoms. The zero-order chi connectivity index (χ0) is 16.2. The number of carbonyl (C=O) groups excluding carboxylic acids is 1. The molecular formula is C16H19ClN4O2. The lowest BCUT2D eigenvalue weighted by Gasteiger charge is -2.29. The topological polar surface area (TPSA) is 59.4 Å². The lowest BCUT2D eigenvalue weighted by Crippen LogP contribution is -2.47. The van der Waals surface area contributed by atoms with Crippen LogP contribution in [0.15, 0.2) is 36.7 Å². The number of imidazole rings is 1. The molecule has 1 atom stereocenters. The van der Waals surface area contributed by atoms with Crippen LogP contribution in [0.2, 0.25) is 5.02 Å². The number of morpholine rings is 1. The zero-order valence-corrected chi connectivity index (χ0v) is 13.7. The fourth-order valence-corrected chi connectivity index (χ4v) is 2.71. The Hall–Kier alpha value is -2.05. The van der Waals surface area contributed by atoms with Crippen molar-refractivity contribution in [2.45, 2.75) is 6.04 Å². The molecule has 1 saturated heterocycles. The molecule has 1 aromatic carbocycles. The summed E-state index contributed by atoms with van der Waals surface area (Å²) in [7, 11) is 1.91. The Morgan fingerprint density at radius 3 is 2.61 bits per heavy atom. The summed E-state index contributed by atoms with van der Waals surface area (Å²) in [4.78, 5) is 18.7. The van der Waals surface area contributed by atoms with Gasteiger partial charge in [0.15, 0.2) is 0 Å². The molecule has 1 aliphatic heterocycles. The molecular weight excluding hydrogens is 316 g/mol. The zero-order valence-electron chi connectivity index (χ0n) is 12.9. The average Bonchev–Trinajstić information content (AvgIpc) is 3.00. The van der Waals surface area contributed by atoms with Crippen molar-refractivity contribution in [3.05, 3.63) is 53.1 Å². The summed E-state index contributed by atoms with van der Waals surface area (Å²) in [6.45, 7) is 2.34. The molecule has 0 saturated carbocycles. The molecule has 1 N–H and O–H groups in total. The molecule has 0 bridgehead atoms. The van der Waals surface area contributed by atoms with Crippen LogP contribution in [-0.4, -0.2) is 46.8 Å². The van der Waals surface area contributed by atoms with Gasteiger partial charge in [0.2, 0.25) is 0 Å². The average molecular weight is 335 g/mol. The first-order chi connectivity index (χ1) is 11.1. The monoisotopic (exact) mass is 334 g/mol. The number of hydrogen-bond donors (Lipinski definition) is 1. The van der Waals surface area contributed by atoms with Gasteiger partial charge >= 0.3 is 6.03 Å². The van der Waals surface area contributed by atoms with Crippen LogP contribution >= 0.6 is 11.6 Å². The molecule has 1 aliphatic rings. The number of halogens is 1. The maximum atomic E-state index is 12.6. The van der Waals surface area contributed by atoms with E-state index in [-0.39, 0.29) is 12.1 Å². The minimum atomic E-state index is -0.331. The van der Waals surface area contributed by atoms with Crippen LogP contribution in [0.5, 0.6) is 0 Å². The fourth-order valence-electron chi connectivity index (χ4n) is 2.59. The number of aromatic nitrogens is 2. The SMILES string of the molecule is Cn1ccnc1[C@H](NC(=O)N1CCOCC1)c1ccc(Cl)cc1. The summed E-state index contributed by atoms with van der Waals surface area (Å²) in [5.74, 6) is 0.772. The maximum absolute atomic E-state index is 12.6. The third-order valence-corrected chi connectivity index (χ3v) is 4.14. The van der Waals surface area contributed by atoms with E-state index in [1.807, 2.05) is 42.1 Å². The van der Waals surface area contributed by atoms with Gasteiger partial charge in [-0.15, -0.1) is 0 Å². The highest BCUT2D eigenvalue weighted by Gasteiger charge is 2.24. The van der Waals surface area contributed by atoms with Crippen LogP contribution in [0.4, 0.5) is 4.79 Å². The molecule has 0 unspecified atom stereocenters. The quantitative estimate of drug-likeness (QED) is 0.936. The summed E-state index contributed by atoms with van der Waals surface area (Å²) < 4.78 is 7.19. The lowest BCUT2D eigenvalue weighted by molar-refractivity contribution is 0.0527. The number of hydrogen-bond acceptors (Lipinski definition) is 3. The van der Waals surface area contributed by atoms with Gasteiger partial charge in [-0.1, -0.05) is 23.7 Å². The molecule has 122 valence electrons. The largest absolute Gasteiger partial charge is 0.378 e. The van der Waals surface area contributed by atoms with E-state index in [0.29, 0.717) is 31.3 Å². The minimum absolute atomic E-state index is 0.115. The number of urea groups is 1. The maximum Gasteiger partial charge on any atom is 0.318 e. The highest BCUT2D eigenvalue weighted by molar-refractivity contribution is 6.30. The van der Waals surface area contributed by atoms with Crippen LogP contribution in [0.25, 0.3) is 0 Å². The van der Waals surface area contributed by atoms with Crippen molar-refractivity contribution < 1.29 is 9.53 Å². The van der Waals surface area contributed by atoms with E-state index < -0.39 is 0 Å². The molecule has 3 rings (SSSR count). The molecule has 2 aromatic rings. The second-order valence-electron chi connectivity index (χ2n) is 5.43. The normalized spacial score (nSPS) is 16.2. The first-order valence-electron chi connectivity index (χ1n) is 7.51. The van der Waals surface area contributed by atoms with Gasteiger partial charge in [0, 0.05) is 37.6 Å². The van der Waals surface area contributed by atoms with Gasteiger partial charge in [-0.2, -0.15) is 0 Å². The number of amides is 2. The summed E-state index contributed by atoms with van der Waals surface area (Å²) >= 11 is 5.97. The minimum Gasteiger partial charge on any atom is -0.378 e. The predicted octanol–water partition coefficient (Wildman–Crippen LogP) is 2.20. The van der Waals surface area contributed by atoms with E-state index in [0.717, 1.165) is 11.4 Å². The second kappa shape index (κ2) is 7.02. The van der Waals surface area contributed by atoms with Crippen LogP contribution in [-0.2, 0) is 11.8 Å². The number of carbonyl (C=O) groups is 1. The van der Waals surface area contributed by atoms with Gasteiger partial charge in [-0.3, -0.25) is 0 Å². The number of aryl methyl sites for hydroxylation is 1. The number of nitrogens with one attached hydrogen (secondary N) is 1. The summed E-state index contributed by atoms with van der Waals surface area (Å²) in [6, 6.07) is 6.99. The first kappa shape index (κ1) is 15.8. The third-order valence-electron chi connectivity index (χ3n) is 3.89. The summed E-state index contributed by atoms with van der Waals surface area (Å²) in [5, 5.41) is 3.73. The third kappa shape index (κ3) is 3.65. The Morgan fingerprint density at radius 2 is 2.00 bits per heavy atom. The standard InChI is InChI=1S/C16H19ClN4O2/c1-20-7-6-18-15(20)14(12-2-4-13(17)5-3-12)19-16(22)21-8-10-23-11-9-21/h2-7,14H,8-11H2,1H3,(H,19,22)/t14-/m1/s1. The molecule has 0 radical (unpaired) electrons. The van der Waals surface area contributed by atoms with Gasteiger partial charge in [0.05, 0.1) is 13.2 Å². The Morgan fingerprint density at radius 1 is 1.30 bits per heavy atom. The van der Waals surface area contributed by atoms with Gasteiger partial charge in [-0.25, -0.2) is 9.78 Å². The van der Waals surface area contributed by atoms with Gasteiger partial charge in [0.1, 0.15) is 11.9 Å². The van der Waals surface area contributed by atoms with Gasteiger partial charge < -0.3 is 19.5 Å². The molecule has 2 amide bonds. The van der Waals surface area contributed by atoms with E-state index in [1.54, 1.807) is 11.1 Å². The van der Waals surface area contributed by atoms with Crippen molar-refractivity contribution in [2.75, 3.05) is 26.3 Å². The number of rotatable bonds is 3. The Balaban J connectivity index is 1.84. The smallest absolute Gasteiger partial charge is 0.318 e. The van der Waals surface area contributed by atoms with E-state index in [2.05, 4.69) is 10.3 Å². The van der Waals surface area contributed by atoms with Crippen molar-refractivity contribution in [3.63, 3.8) is 0 Å². The molecule has 6 nitrogen and oxygen atoms in total. The number of benzene rings is 1. The Bertz CT molecular complexity index is 665. The highest BCUT2D eigenvalue weighted by atomic mass is 35.5. The molecule has 1 aromatic heterocycles. The highest BCUT2D eigenvalue weighted by Crippen LogP contribution is 2.22. The molecule has 0 spiro atoms. The van der Waals surface area contributed by atoms with Gasteiger partial charge in [-0.05, 0) is 17.7 Å². The van der Waals surface area contributed by atoms with E-state index in [9.17, 15) is 4.79 Å². The number of ether oxygens (including phenoxy) is 1. The fraction of sp³-hybridized carbons (Fsp3) is 0.375. The molecule has 23 heavy (non-hydrogen) atoms. The van der Waals surface area contributed by atoms with E-state index >= 15 is 0 Å². The molecule has 1 fully saturated rings. The van der Waals surface area contributed by atoms with Crippen LogP contribution in [0.3, 0.4) is 0 Å². The lowest BCUT2D eigenvalue weighted by atomic mass is 10.1. The van der Waals surface area contributed by atoms with Crippen molar-refractivity contribution in [3.8, 4) is 0 Å². The molecule has 2 heterocycles. The Labute approximate surface area is 140 Å². The summed E-state index contributed by atoms with van der Waals surface area (Å²) in [5.41, 5.74) is 0.935. The second-order valence-corrected chi connectivity index (χ2v) is 5.87. The van der Waals surface area contributed by atoms with Gasteiger partial charge in [0.25, 0.3) is 0 Å². The first-order valence-corrected chi connectivity index (χ1v) is 7.89. The van der Waals surface area contributed by atoms with Crippen molar-refractivity contribution in [1.82, 2.24) is 19.8 Å². The van der Waals surface area contributed by atoms with Crippen LogP contribution < -0.4 is 5.32 Å². The van der Waals surface area contributed by atoms with Crippen molar-refractivity contribution >= 4 is 17.6 Å². The van der Waals surface area contributed by atoms with Crippen LogP contribution in [0, 0.1) is 0 Å². The van der Waals surface area contributed by atoms with Crippen molar-refractivity contribution in [1.29, 1.82) is 0 Å². The summed E-state index contributed by atoms with van der Waals surface area (Å²) in [6.07, 6.45) is 3.58. The Kier molecular flexibility index (Phi) is 4.83. The number of nitrogens with zero attached hydrogens (tertiary/aromatic N) is 3. The van der Waals surface area contributed by atoms with E-state index in [1.165, 1.54) is 0 Å².